The van der Waals surface area contributed by atoms with Crippen molar-refractivity contribution in [3.05, 3.63) is 70.5 Å². The lowest BCUT2D eigenvalue weighted by molar-refractivity contribution is 0.453. The third kappa shape index (κ3) is 2.82. The van der Waals surface area contributed by atoms with Gasteiger partial charge < -0.3 is 14.6 Å². The first-order valence-electron chi connectivity index (χ1n) is 7.74. The van der Waals surface area contributed by atoms with Crippen molar-refractivity contribution in [2.45, 2.75) is 0 Å². The fraction of sp³-hybridized carbons (Fsp3) is 0. The van der Waals surface area contributed by atoms with Gasteiger partial charge >= 0.3 is 0 Å². The van der Waals surface area contributed by atoms with Crippen molar-refractivity contribution in [1.29, 1.82) is 0 Å². The van der Waals surface area contributed by atoms with E-state index in [9.17, 15) is 15.0 Å². The van der Waals surface area contributed by atoms with Crippen LogP contribution in [-0.2, 0) is 0 Å². The van der Waals surface area contributed by atoms with Gasteiger partial charge in [0, 0.05) is 18.3 Å². The normalized spacial score (nSPS) is 11.4. The highest BCUT2D eigenvalue weighted by Gasteiger charge is 2.13. The molecule has 0 radical (unpaired) electrons. The van der Waals surface area contributed by atoms with Gasteiger partial charge in [0.05, 0.1) is 11.6 Å². The summed E-state index contributed by atoms with van der Waals surface area (Å²) in [5.41, 5.74) is 3.57. The number of hydrogen-bond donors (Lipinski definition) is 3. The molecular formula is C19H13N3O4. The lowest BCUT2D eigenvalue weighted by atomic mass is 10.1. The summed E-state index contributed by atoms with van der Waals surface area (Å²) in [5.74, 6) is 0.101. The van der Waals surface area contributed by atoms with E-state index in [1.165, 1.54) is 6.07 Å². The van der Waals surface area contributed by atoms with Crippen LogP contribution in [0.5, 0.6) is 11.5 Å². The van der Waals surface area contributed by atoms with Crippen molar-refractivity contribution in [3.63, 3.8) is 0 Å². The van der Waals surface area contributed by atoms with Crippen molar-refractivity contribution in [1.82, 2.24) is 4.98 Å². The molecule has 3 N–H and O–H groups in total. The first-order chi connectivity index (χ1) is 12.6. The van der Waals surface area contributed by atoms with E-state index in [2.05, 4.69) is 15.5 Å². The van der Waals surface area contributed by atoms with Crippen molar-refractivity contribution in [3.8, 4) is 11.5 Å². The van der Waals surface area contributed by atoms with E-state index in [4.69, 9.17) is 4.42 Å². The van der Waals surface area contributed by atoms with Gasteiger partial charge in [0.1, 0.15) is 33.9 Å². The predicted octanol–water partition coefficient (Wildman–Crippen LogP) is 3.20. The van der Waals surface area contributed by atoms with Crippen molar-refractivity contribution >= 4 is 34.0 Å². The molecule has 2 aromatic heterocycles. The summed E-state index contributed by atoms with van der Waals surface area (Å²) in [6.45, 7) is 0. The molecule has 0 bridgehead atoms. The molecule has 2 aromatic carbocycles. The molecule has 0 amide bonds. The van der Waals surface area contributed by atoms with Gasteiger partial charge in [-0.25, -0.2) is 4.98 Å². The molecule has 7 nitrogen and oxygen atoms in total. The number of anilines is 1. The summed E-state index contributed by atoms with van der Waals surface area (Å²) < 4.78 is 5.68. The molecule has 0 saturated heterocycles. The van der Waals surface area contributed by atoms with Crippen LogP contribution in [0.4, 0.5) is 5.82 Å². The summed E-state index contributed by atoms with van der Waals surface area (Å²) in [4.78, 5) is 16.7. The molecule has 0 aliphatic rings. The second-order valence-electron chi connectivity index (χ2n) is 5.61. The number of phenolic OH excluding ortho intramolecular Hbond substituents is 2. The Morgan fingerprint density at radius 2 is 1.96 bits per heavy atom. The molecule has 0 fully saturated rings. The minimum atomic E-state index is -0.367. The summed E-state index contributed by atoms with van der Waals surface area (Å²) in [6, 6.07) is 12.8. The van der Waals surface area contributed by atoms with Crippen LogP contribution in [0.2, 0.25) is 0 Å². The molecule has 7 heteroatoms. The molecule has 0 saturated carbocycles. The zero-order valence-corrected chi connectivity index (χ0v) is 13.4. The Kier molecular flexibility index (Phi) is 3.74. The van der Waals surface area contributed by atoms with E-state index < -0.39 is 0 Å². The van der Waals surface area contributed by atoms with Gasteiger partial charge in [-0.15, -0.1) is 0 Å². The topological polar surface area (TPSA) is 108 Å². The molecule has 0 unspecified atom stereocenters. The van der Waals surface area contributed by atoms with Gasteiger partial charge in [0.2, 0.25) is 5.43 Å². The van der Waals surface area contributed by atoms with E-state index in [0.29, 0.717) is 22.4 Å². The highest BCUT2D eigenvalue weighted by molar-refractivity contribution is 5.95. The van der Waals surface area contributed by atoms with Gasteiger partial charge in [0.15, 0.2) is 0 Å². The Morgan fingerprint density at radius 1 is 1.08 bits per heavy atom. The standard InChI is InChI=1S/C19H13N3O4/c23-12-8-14(24)18-16(9-12)26-15-7-11(4-5-13(15)19(18)25)10-21-22-17-3-1-2-6-20-17/h1-10,23-24H,(H,20,22)/b21-10+. The smallest absolute Gasteiger partial charge is 0.204 e. The minimum absolute atomic E-state index is 0.0357. The zero-order valence-electron chi connectivity index (χ0n) is 13.4. The second-order valence-corrected chi connectivity index (χ2v) is 5.61. The Hall–Kier alpha value is -3.87. The monoisotopic (exact) mass is 347 g/mol. The molecule has 128 valence electrons. The van der Waals surface area contributed by atoms with Crippen LogP contribution in [0.3, 0.4) is 0 Å². The predicted molar refractivity (Wildman–Crippen MR) is 98.8 cm³/mol. The van der Waals surface area contributed by atoms with E-state index >= 15 is 0 Å². The Bertz CT molecular complexity index is 1200. The third-order valence-electron chi connectivity index (χ3n) is 3.82. The number of pyridine rings is 1. The molecule has 26 heavy (non-hydrogen) atoms. The number of nitrogens with zero attached hydrogens (tertiary/aromatic N) is 2. The van der Waals surface area contributed by atoms with Crippen LogP contribution >= 0.6 is 0 Å². The average molecular weight is 347 g/mol. The number of aromatic hydroxyl groups is 2. The van der Waals surface area contributed by atoms with E-state index in [1.54, 1.807) is 42.7 Å². The number of benzene rings is 2. The van der Waals surface area contributed by atoms with E-state index in [0.717, 1.165) is 6.07 Å². The lowest BCUT2D eigenvalue weighted by Gasteiger charge is -2.04. The Labute approximate surface area is 146 Å². The first kappa shape index (κ1) is 15.6. The molecule has 4 aromatic rings. The first-order valence-corrected chi connectivity index (χ1v) is 7.74. The fourth-order valence-electron chi connectivity index (χ4n) is 2.64. The van der Waals surface area contributed by atoms with Gasteiger partial charge in [0.25, 0.3) is 0 Å². The number of aromatic nitrogens is 1. The number of phenols is 2. The van der Waals surface area contributed by atoms with Crippen LogP contribution in [0, 0.1) is 0 Å². The van der Waals surface area contributed by atoms with Gasteiger partial charge in [-0.05, 0) is 29.8 Å². The number of rotatable bonds is 3. The fourth-order valence-corrected chi connectivity index (χ4v) is 2.64. The maximum atomic E-state index is 12.6. The number of hydrogen-bond acceptors (Lipinski definition) is 7. The van der Waals surface area contributed by atoms with Crippen LogP contribution < -0.4 is 10.9 Å². The molecule has 2 heterocycles. The SMILES string of the molecule is O=c1c2ccc(/C=N/Nc3ccccn3)cc2oc2cc(O)cc(O)c12. The van der Waals surface area contributed by atoms with Crippen LogP contribution in [0.1, 0.15) is 5.56 Å². The molecule has 0 spiro atoms. The average Bonchev–Trinajstić information content (AvgIpc) is 2.62. The summed E-state index contributed by atoms with van der Waals surface area (Å²) in [7, 11) is 0. The van der Waals surface area contributed by atoms with Gasteiger partial charge in [-0.2, -0.15) is 5.10 Å². The van der Waals surface area contributed by atoms with Crippen LogP contribution in [-0.4, -0.2) is 21.4 Å². The summed E-state index contributed by atoms with van der Waals surface area (Å²) in [6.07, 6.45) is 3.22. The van der Waals surface area contributed by atoms with Gasteiger partial charge in [-0.3, -0.25) is 10.2 Å². The minimum Gasteiger partial charge on any atom is -0.508 e. The van der Waals surface area contributed by atoms with E-state index in [1.807, 2.05) is 6.07 Å². The second kappa shape index (κ2) is 6.21. The maximum Gasteiger partial charge on any atom is 0.204 e. The lowest BCUT2D eigenvalue weighted by Crippen LogP contribution is -2.03. The summed E-state index contributed by atoms with van der Waals surface area (Å²) in [5, 5.41) is 24.0. The van der Waals surface area contributed by atoms with E-state index in [-0.39, 0.29) is 27.9 Å². The molecule has 0 aliphatic heterocycles. The van der Waals surface area contributed by atoms with Crippen molar-refractivity contribution < 1.29 is 14.6 Å². The number of fused-ring (bicyclic) bond motifs is 2. The Balaban J connectivity index is 1.75. The summed E-state index contributed by atoms with van der Waals surface area (Å²) >= 11 is 0. The number of nitrogens with one attached hydrogen (secondary N) is 1. The molecule has 4 rings (SSSR count). The largest absolute Gasteiger partial charge is 0.508 e. The molecular weight excluding hydrogens is 334 g/mol. The highest BCUT2D eigenvalue weighted by atomic mass is 16.3. The molecule has 0 atom stereocenters. The quantitative estimate of drug-likeness (QED) is 0.298. The maximum absolute atomic E-state index is 12.6. The van der Waals surface area contributed by atoms with Crippen molar-refractivity contribution in [2.75, 3.05) is 5.43 Å². The van der Waals surface area contributed by atoms with Crippen molar-refractivity contribution in [2.24, 2.45) is 5.10 Å². The third-order valence-corrected chi connectivity index (χ3v) is 3.82. The zero-order chi connectivity index (χ0) is 18.1. The number of hydrazone groups is 1. The van der Waals surface area contributed by atoms with Crippen LogP contribution in [0.15, 0.2) is 69.0 Å². The van der Waals surface area contributed by atoms with Gasteiger partial charge in [-0.1, -0.05) is 12.1 Å². The van der Waals surface area contributed by atoms with Crippen LogP contribution in [0.25, 0.3) is 21.9 Å². The Morgan fingerprint density at radius 3 is 2.77 bits per heavy atom. The highest BCUT2D eigenvalue weighted by Crippen LogP contribution is 2.29. The molecule has 0 aliphatic carbocycles.